The van der Waals surface area contributed by atoms with Crippen LogP contribution in [0.15, 0.2) is 24.3 Å². The van der Waals surface area contributed by atoms with Gasteiger partial charge in [-0.2, -0.15) is 0 Å². The van der Waals surface area contributed by atoms with E-state index in [4.69, 9.17) is 11.6 Å². The summed E-state index contributed by atoms with van der Waals surface area (Å²) in [6.45, 7) is 1.89. The quantitative estimate of drug-likeness (QED) is 0.888. The Morgan fingerprint density at radius 1 is 1.53 bits per heavy atom. The number of nitrogens with zero attached hydrogens (tertiary/aromatic N) is 1. The van der Waals surface area contributed by atoms with E-state index in [0.29, 0.717) is 17.5 Å². The first kappa shape index (κ1) is 12.4. The average Bonchev–Trinajstić information content (AvgIpc) is 2.84. The summed E-state index contributed by atoms with van der Waals surface area (Å²) in [7, 11) is 1.87. The highest BCUT2D eigenvalue weighted by atomic mass is 35.5. The van der Waals surface area contributed by atoms with Gasteiger partial charge in [0.2, 0.25) is 5.91 Å². The normalized spacial score (nSPS) is 19.3. The molecule has 1 N–H and O–H groups in total. The fourth-order valence-electron chi connectivity index (χ4n) is 2.10. The Balaban J connectivity index is 1.99. The minimum absolute atomic E-state index is 0.131. The lowest BCUT2D eigenvalue weighted by Crippen LogP contribution is -2.39. The van der Waals surface area contributed by atoms with Crippen LogP contribution in [0.25, 0.3) is 0 Å². The molecule has 1 aromatic carbocycles. The summed E-state index contributed by atoms with van der Waals surface area (Å²) in [6, 6.07) is 7.83. The van der Waals surface area contributed by atoms with Crippen molar-refractivity contribution in [3.05, 3.63) is 34.9 Å². The number of nitrogens with one attached hydrogen (secondary N) is 1. The van der Waals surface area contributed by atoms with E-state index >= 15 is 0 Å². The van der Waals surface area contributed by atoms with Crippen LogP contribution in [0.1, 0.15) is 12.0 Å². The second-order valence-corrected chi connectivity index (χ2v) is 4.83. The van der Waals surface area contributed by atoms with E-state index in [1.165, 1.54) is 0 Å². The molecule has 1 saturated heterocycles. The molecule has 0 aliphatic carbocycles. The molecular weight excluding hydrogens is 236 g/mol. The monoisotopic (exact) mass is 252 g/mol. The van der Waals surface area contributed by atoms with E-state index in [1.54, 1.807) is 0 Å². The maximum atomic E-state index is 12.1. The van der Waals surface area contributed by atoms with E-state index in [0.717, 1.165) is 25.1 Å². The second-order valence-electron chi connectivity index (χ2n) is 4.42. The lowest BCUT2D eigenvalue weighted by atomic mass is 10.1. The molecule has 3 nitrogen and oxygen atoms in total. The van der Waals surface area contributed by atoms with E-state index < -0.39 is 0 Å². The maximum Gasteiger partial charge on any atom is 0.227 e. The van der Waals surface area contributed by atoms with Crippen molar-refractivity contribution in [2.45, 2.75) is 18.9 Å². The number of hydrogen-bond donors (Lipinski definition) is 1. The molecule has 0 saturated carbocycles. The average molecular weight is 253 g/mol. The van der Waals surface area contributed by atoms with Crippen LogP contribution in [0.2, 0.25) is 5.02 Å². The van der Waals surface area contributed by atoms with Gasteiger partial charge in [-0.05, 0) is 24.6 Å². The summed E-state index contributed by atoms with van der Waals surface area (Å²) in [5.74, 6) is 0.131. The van der Waals surface area contributed by atoms with Crippen molar-refractivity contribution in [1.82, 2.24) is 10.2 Å². The number of carbonyl (C=O) groups is 1. The minimum Gasteiger partial charge on any atom is -0.341 e. The summed E-state index contributed by atoms with van der Waals surface area (Å²) < 4.78 is 0. The first-order valence-electron chi connectivity index (χ1n) is 5.88. The smallest absolute Gasteiger partial charge is 0.227 e. The zero-order chi connectivity index (χ0) is 12.3. The van der Waals surface area contributed by atoms with Gasteiger partial charge in [-0.1, -0.05) is 29.8 Å². The fourth-order valence-corrected chi connectivity index (χ4v) is 2.31. The molecule has 1 fully saturated rings. The highest BCUT2D eigenvalue weighted by Crippen LogP contribution is 2.17. The molecule has 1 aliphatic rings. The van der Waals surface area contributed by atoms with Crippen molar-refractivity contribution >= 4 is 17.5 Å². The largest absolute Gasteiger partial charge is 0.341 e. The van der Waals surface area contributed by atoms with Gasteiger partial charge in [-0.15, -0.1) is 0 Å². The molecule has 17 heavy (non-hydrogen) atoms. The van der Waals surface area contributed by atoms with Crippen LogP contribution in [-0.2, 0) is 11.2 Å². The summed E-state index contributed by atoms with van der Waals surface area (Å²) in [6.07, 6.45) is 1.41. The van der Waals surface area contributed by atoms with Crippen molar-refractivity contribution < 1.29 is 4.79 Å². The Morgan fingerprint density at radius 2 is 2.29 bits per heavy atom. The molecule has 1 atom stereocenters. The van der Waals surface area contributed by atoms with Gasteiger partial charge in [-0.3, -0.25) is 4.79 Å². The van der Waals surface area contributed by atoms with E-state index in [2.05, 4.69) is 5.32 Å². The lowest BCUT2D eigenvalue weighted by Gasteiger charge is -2.24. The van der Waals surface area contributed by atoms with Crippen LogP contribution in [-0.4, -0.2) is 37.0 Å². The topological polar surface area (TPSA) is 32.3 Å². The number of halogens is 1. The number of hydrogen-bond acceptors (Lipinski definition) is 2. The summed E-state index contributed by atoms with van der Waals surface area (Å²) >= 11 is 6.05. The third-order valence-electron chi connectivity index (χ3n) is 3.27. The summed E-state index contributed by atoms with van der Waals surface area (Å²) in [5.41, 5.74) is 0.900. The molecule has 1 unspecified atom stereocenters. The first-order chi connectivity index (χ1) is 8.18. The zero-order valence-electron chi connectivity index (χ0n) is 9.95. The molecule has 1 heterocycles. The predicted octanol–water partition coefficient (Wildman–Crippen LogP) is 1.70. The van der Waals surface area contributed by atoms with Gasteiger partial charge in [0.05, 0.1) is 6.42 Å². The van der Waals surface area contributed by atoms with Crippen molar-refractivity contribution in [3.63, 3.8) is 0 Å². The third-order valence-corrected chi connectivity index (χ3v) is 3.64. The van der Waals surface area contributed by atoms with Crippen LogP contribution in [0.4, 0.5) is 0 Å². The molecular formula is C13H17ClN2O. The van der Waals surface area contributed by atoms with Crippen molar-refractivity contribution in [3.8, 4) is 0 Å². The summed E-state index contributed by atoms with van der Waals surface area (Å²) in [5, 5.41) is 3.93. The Kier molecular flexibility index (Phi) is 4.02. The van der Waals surface area contributed by atoms with Gasteiger partial charge in [0.1, 0.15) is 0 Å². The van der Waals surface area contributed by atoms with Gasteiger partial charge in [0.25, 0.3) is 0 Å². The first-order valence-corrected chi connectivity index (χ1v) is 6.26. The van der Waals surface area contributed by atoms with Gasteiger partial charge >= 0.3 is 0 Å². The second kappa shape index (κ2) is 5.52. The molecule has 1 aromatic rings. The van der Waals surface area contributed by atoms with E-state index in [1.807, 2.05) is 36.2 Å². The van der Waals surface area contributed by atoms with Crippen LogP contribution in [0.5, 0.6) is 0 Å². The Hall–Kier alpha value is -1.06. The summed E-state index contributed by atoms with van der Waals surface area (Å²) in [4.78, 5) is 13.9. The van der Waals surface area contributed by atoms with E-state index in [-0.39, 0.29) is 5.91 Å². The molecule has 0 aromatic heterocycles. The highest BCUT2D eigenvalue weighted by molar-refractivity contribution is 6.31. The molecule has 0 bridgehead atoms. The molecule has 92 valence electrons. The Morgan fingerprint density at radius 3 is 2.94 bits per heavy atom. The molecule has 2 rings (SSSR count). The Bertz CT molecular complexity index is 402. The Labute approximate surface area is 107 Å². The predicted molar refractivity (Wildman–Crippen MR) is 69.2 cm³/mol. The van der Waals surface area contributed by atoms with Gasteiger partial charge in [-0.25, -0.2) is 0 Å². The number of amides is 1. The van der Waals surface area contributed by atoms with Crippen LogP contribution in [0, 0.1) is 0 Å². The minimum atomic E-state index is 0.131. The molecule has 1 amide bonds. The van der Waals surface area contributed by atoms with Crippen LogP contribution >= 0.6 is 11.6 Å². The maximum absolute atomic E-state index is 12.1. The fraction of sp³-hybridized carbons (Fsp3) is 0.462. The number of likely N-dealkylation sites (N-methyl/N-ethyl adjacent to an activating group) is 1. The van der Waals surface area contributed by atoms with Crippen molar-refractivity contribution in [1.29, 1.82) is 0 Å². The number of benzene rings is 1. The van der Waals surface area contributed by atoms with E-state index in [9.17, 15) is 4.79 Å². The van der Waals surface area contributed by atoms with Gasteiger partial charge in [0, 0.05) is 24.7 Å². The molecule has 4 heteroatoms. The van der Waals surface area contributed by atoms with Gasteiger partial charge in [0.15, 0.2) is 0 Å². The van der Waals surface area contributed by atoms with Crippen molar-refractivity contribution in [2.24, 2.45) is 0 Å². The standard InChI is InChI=1S/C13H17ClN2O/c1-16(11-6-7-15-9-11)13(17)8-10-4-2-3-5-12(10)14/h2-5,11,15H,6-9H2,1H3. The highest BCUT2D eigenvalue weighted by Gasteiger charge is 2.23. The SMILES string of the molecule is CN(C(=O)Cc1ccccc1Cl)C1CCNC1. The molecule has 1 aliphatic heterocycles. The van der Waals surface area contributed by atoms with Gasteiger partial charge < -0.3 is 10.2 Å². The molecule has 0 spiro atoms. The zero-order valence-corrected chi connectivity index (χ0v) is 10.7. The number of carbonyl (C=O) groups excluding carboxylic acids is 1. The van der Waals surface area contributed by atoms with Crippen LogP contribution < -0.4 is 5.32 Å². The number of rotatable bonds is 3. The van der Waals surface area contributed by atoms with Crippen LogP contribution in [0.3, 0.4) is 0 Å². The molecule has 0 radical (unpaired) electrons. The van der Waals surface area contributed by atoms with Crippen molar-refractivity contribution in [2.75, 3.05) is 20.1 Å². The third kappa shape index (κ3) is 2.99. The lowest BCUT2D eigenvalue weighted by molar-refractivity contribution is -0.130.